The van der Waals surface area contributed by atoms with Crippen molar-refractivity contribution in [3.05, 3.63) is 29.8 Å². The molecule has 0 aromatic heterocycles. The maximum Gasteiger partial charge on any atom is 0.226 e. The van der Waals surface area contributed by atoms with E-state index in [0.717, 1.165) is 28.8 Å². The molecule has 1 aliphatic rings. The van der Waals surface area contributed by atoms with Gasteiger partial charge in [-0.3, -0.25) is 9.79 Å². The van der Waals surface area contributed by atoms with Crippen molar-refractivity contribution in [2.75, 3.05) is 19.4 Å². The summed E-state index contributed by atoms with van der Waals surface area (Å²) in [5, 5.41) is 3.57. The van der Waals surface area contributed by atoms with Crippen molar-refractivity contribution in [3.63, 3.8) is 0 Å². The van der Waals surface area contributed by atoms with Crippen LogP contribution in [-0.2, 0) is 11.2 Å². The van der Waals surface area contributed by atoms with E-state index in [2.05, 4.69) is 10.3 Å². The standard InChI is InChI=1S/C13H16N2O2S/c1-17-11-5-3-2-4-10(11)6-7-12(16)15-13-14-8-9-18-13/h2-5H,6-9H2,1H3,(H,14,15,16). The summed E-state index contributed by atoms with van der Waals surface area (Å²) >= 11 is 1.59. The first-order valence-corrected chi connectivity index (χ1v) is 6.87. The number of nitrogens with zero attached hydrogens (tertiary/aromatic N) is 1. The molecule has 1 aromatic rings. The van der Waals surface area contributed by atoms with Crippen LogP contribution in [-0.4, -0.2) is 30.5 Å². The van der Waals surface area contributed by atoms with Crippen molar-refractivity contribution < 1.29 is 9.53 Å². The van der Waals surface area contributed by atoms with E-state index in [-0.39, 0.29) is 5.91 Å². The van der Waals surface area contributed by atoms with Gasteiger partial charge in [-0.15, -0.1) is 0 Å². The Morgan fingerprint density at radius 1 is 1.50 bits per heavy atom. The fraction of sp³-hybridized carbons (Fsp3) is 0.385. The highest BCUT2D eigenvalue weighted by Gasteiger charge is 2.11. The number of amides is 1. The molecule has 1 N–H and O–H groups in total. The molecule has 0 aliphatic carbocycles. The summed E-state index contributed by atoms with van der Waals surface area (Å²) in [7, 11) is 1.64. The molecular weight excluding hydrogens is 248 g/mol. The maximum absolute atomic E-state index is 11.7. The van der Waals surface area contributed by atoms with Crippen LogP contribution in [0.1, 0.15) is 12.0 Å². The lowest BCUT2D eigenvalue weighted by molar-refractivity contribution is -0.119. The predicted octanol–water partition coefficient (Wildman–Crippen LogP) is 1.85. The van der Waals surface area contributed by atoms with E-state index in [1.165, 1.54) is 0 Å². The summed E-state index contributed by atoms with van der Waals surface area (Å²) in [6.07, 6.45) is 1.12. The van der Waals surface area contributed by atoms with E-state index in [1.54, 1.807) is 18.9 Å². The molecular formula is C13H16N2O2S. The van der Waals surface area contributed by atoms with Gasteiger partial charge >= 0.3 is 0 Å². The van der Waals surface area contributed by atoms with E-state index < -0.39 is 0 Å². The zero-order valence-electron chi connectivity index (χ0n) is 10.3. The topological polar surface area (TPSA) is 50.7 Å². The Morgan fingerprint density at radius 2 is 2.33 bits per heavy atom. The number of benzene rings is 1. The van der Waals surface area contributed by atoms with Crippen LogP contribution < -0.4 is 10.1 Å². The highest BCUT2D eigenvalue weighted by atomic mass is 32.2. The van der Waals surface area contributed by atoms with Gasteiger partial charge in [0.2, 0.25) is 5.91 Å². The first-order valence-electron chi connectivity index (χ1n) is 5.88. The van der Waals surface area contributed by atoms with Crippen molar-refractivity contribution in [2.24, 2.45) is 4.99 Å². The van der Waals surface area contributed by atoms with Gasteiger partial charge in [0.15, 0.2) is 5.17 Å². The third kappa shape index (κ3) is 3.50. The van der Waals surface area contributed by atoms with Crippen LogP contribution in [0.5, 0.6) is 5.75 Å². The highest BCUT2D eigenvalue weighted by molar-refractivity contribution is 8.14. The lowest BCUT2D eigenvalue weighted by Crippen LogP contribution is -2.27. The van der Waals surface area contributed by atoms with Gasteiger partial charge in [0.25, 0.3) is 0 Å². The fourth-order valence-corrected chi connectivity index (χ4v) is 2.49. The van der Waals surface area contributed by atoms with Gasteiger partial charge in [-0.2, -0.15) is 0 Å². The Morgan fingerprint density at radius 3 is 3.06 bits per heavy atom. The maximum atomic E-state index is 11.7. The number of carbonyl (C=O) groups is 1. The summed E-state index contributed by atoms with van der Waals surface area (Å²) in [6, 6.07) is 7.76. The number of amidine groups is 1. The number of ether oxygens (including phenoxy) is 1. The minimum atomic E-state index is 0.00839. The fourth-order valence-electron chi connectivity index (χ4n) is 1.75. The zero-order chi connectivity index (χ0) is 12.8. The molecule has 0 saturated heterocycles. The second-order valence-corrected chi connectivity index (χ2v) is 4.98. The summed E-state index contributed by atoms with van der Waals surface area (Å²) in [4.78, 5) is 15.9. The van der Waals surface area contributed by atoms with Gasteiger partial charge in [-0.05, 0) is 18.1 Å². The minimum Gasteiger partial charge on any atom is -0.496 e. The van der Waals surface area contributed by atoms with Crippen molar-refractivity contribution >= 4 is 22.8 Å². The Balaban J connectivity index is 1.85. The van der Waals surface area contributed by atoms with Crippen molar-refractivity contribution in [2.45, 2.75) is 12.8 Å². The number of thioether (sulfide) groups is 1. The smallest absolute Gasteiger partial charge is 0.226 e. The lowest BCUT2D eigenvalue weighted by Gasteiger charge is -2.08. The van der Waals surface area contributed by atoms with Crippen LogP contribution in [0.4, 0.5) is 0 Å². The lowest BCUT2D eigenvalue weighted by atomic mass is 10.1. The zero-order valence-corrected chi connectivity index (χ0v) is 11.1. The van der Waals surface area contributed by atoms with Crippen molar-refractivity contribution in [1.82, 2.24) is 5.32 Å². The monoisotopic (exact) mass is 264 g/mol. The van der Waals surface area contributed by atoms with E-state index >= 15 is 0 Å². The van der Waals surface area contributed by atoms with Crippen LogP contribution in [0.15, 0.2) is 29.3 Å². The second kappa shape index (κ2) is 6.44. The van der Waals surface area contributed by atoms with Gasteiger partial charge in [-0.1, -0.05) is 30.0 Å². The molecule has 5 heteroatoms. The quantitative estimate of drug-likeness (QED) is 0.903. The van der Waals surface area contributed by atoms with Crippen molar-refractivity contribution in [1.29, 1.82) is 0 Å². The Labute approximate surface area is 111 Å². The van der Waals surface area contributed by atoms with Gasteiger partial charge in [0.05, 0.1) is 13.7 Å². The van der Waals surface area contributed by atoms with Crippen LogP contribution in [0, 0.1) is 0 Å². The number of nitrogens with one attached hydrogen (secondary N) is 1. The summed E-state index contributed by atoms with van der Waals surface area (Å²) in [5.74, 6) is 1.80. The van der Waals surface area contributed by atoms with Gasteiger partial charge in [-0.25, -0.2) is 0 Å². The molecule has 96 valence electrons. The molecule has 0 radical (unpaired) electrons. The molecule has 0 spiro atoms. The largest absolute Gasteiger partial charge is 0.496 e. The number of hydrogen-bond acceptors (Lipinski definition) is 4. The predicted molar refractivity (Wildman–Crippen MR) is 74.2 cm³/mol. The molecule has 1 heterocycles. The van der Waals surface area contributed by atoms with Crippen LogP contribution >= 0.6 is 11.8 Å². The van der Waals surface area contributed by atoms with Gasteiger partial charge < -0.3 is 10.1 Å². The summed E-state index contributed by atoms with van der Waals surface area (Å²) in [6.45, 7) is 0.798. The molecule has 1 aliphatic heterocycles. The minimum absolute atomic E-state index is 0.00839. The van der Waals surface area contributed by atoms with E-state index in [0.29, 0.717) is 12.8 Å². The van der Waals surface area contributed by atoms with Crippen LogP contribution in [0.25, 0.3) is 0 Å². The molecule has 1 amide bonds. The van der Waals surface area contributed by atoms with Crippen molar-refractivity contribution in [3.8, 4) is 5.75 Å². The number of hydrogen-bond donors (Lipinski definition) is 1. The number of rotatable bonds is 4. The molecule has 0 fully saturated rings. The number of carbonyl (C=O) groups excluding carboxylic acids is 1. The first kappa shape index (κ1) is 13.0. The molecule has 0 bridgehead atoms. The molecule has 0 unspecified atom stereocenters. The SMILES string of the molecule is COc1ccccc1CCC(=O)NC1=NCCS1. The Kier molecular flexibility index (Phi) is 4.64. The third-order valence-corrected chi connectivity index (χ3v) is 3.54. The summed E-state index contributed by atoms with van der Waals surface area (Å²) in [5.41, 5.74) is 1.05. The van der Waals surface area contributed by atoms with Gasteiger partial charge in [0.1, 0.15) is 5.75 Å². The molecule has 18 heavy (non-hydrogen) atoms. The summed E-state index contributed by atoms with van der Waals surface area (Å²) < 4.78 is 5.25. The molecule has 1 aromatic carbocycles. The molecule has 0 saturated carbocycles. The molecule has 2 rings (SSSR count). The van der Waals surface area contributed by atoms with Crippen LogP contribution in [0.3, 0.4) is 0 Å². The number of para-hydroxylation sites is 1. The van der Waals surface area contributed by atoms with E-state index in [1.807, 2.05) is 24.3 Å². The first-order chi connectivity index (χ1) is 8.79. The van der Waals surface area contributed by atoms with E-state index in [9.17, 15) is 4.79 Å². The normalized spacial score (nSPS) is 14.2. The second-order valence-electron chi connectivity index (χ2n) is 3.90. The third-order valence-electron chi connectivity index (χ3n) is 2.65. The number of aliphatic imine (C=N–C) groups is 1. The van der Waals surface area contributed by atoms with Crippen LogP contribution in [0.2, 0.25) is 0 Å². The van der Waals surface area contributed by atoms with Gasteiger partial charge in [0, 0.05) is 12.2 Å². The number of methoxy groups -OCH3 is 1. The Bertz CT molecular complexity index is 460. The average Bonchev–Trinajstić information content (AvgIpc) is 2.89. The Hall–Kier alpha value is -1.49. The molecule has 0 atom stereocenters. The average molecular weight is 264 g/mol. The highest BCUT2D eigenvalue weighted by Crippen LogP contribution is 2.18. The van der Waals surface area contributed by atoms with E-state index in [4.69, 9.17) is 4.74 Å². The molecule has 4 nitrogen and oxygen atoms in total. The number of aryl methyl sites for hydroxylation is 1.